The average Bonchev–Trinajstić information content (AvgIpc) is 3.56. The first-order chi connectivity index (χ1) is 18.6. The Bertz CT molecular complexity index is 1200. The molecule has 1 aromatic carbocycles. The number of primary amides is 1. The van der Waals surface area contributed by atoms with Crippen LogP contribution in [-0.2, 0) is 30.4 Å². The summed E-state index contributed by atoms with van der Waals surface area (Å²) in [5.41, 5.74) is 13.2. The number of aromatic nitrogens is 1. The van der Waals surface area contributed by atoms with E-state index in [2.05, 4.69) is 15.6 Å². The highest BCUT2D eigenvalue weighted by atomic mass is 32.2. The molecule has 212 valence electrons. The van der Waals surface area contributed by atoms with Crippen molar-refractivity contribution in [2.24, 2.45) is 11.5 Å². The highest BCUT2D eigenvalue weighted by molar-refractivity contribution is 7.98. The number of likely N-dealkylation sites (tertiary alicyclic amines) is 1. The van der Waals surface area contributed by atoms with E-state index >= 15 is 0 Å². The van der Waals surface area contributed by atoms with Gasteiger partial charge in [0.1, 0.15) is 18.1 Å². The SMILES string of the molecule is CSCCC(NC(=O)C1CCCN1C(=O)C(CCC(N)=O)NC(=O)C(N)Cc1c[nH]c2ccccc12)C(=O)O. The fourth-order valence-electron chi connectivity index (χ4n) is 4.72. The summed E-state index contributed by atoms with van der Waals surface area (Å²) in [6.07, 6.45) is 4.74. The Morgan fingerprint density at radius 1 is 1.15 bits per heavy atom. The molecule has 1 aliphatic heterocycles. The number of thioether (sulfide) groups is 1. The van der Waals surface area contributed by atoms with Gasteiger partial charge in [0, 0.05) is 30.1 Å². The predicted molar refractivity (Wildman–Crippen MR) is 148 cm³/mol. The number of nitrogens with one attached hydrogen (secondary N) is 3. The van der Waals surface area contributed by atoms with E-state index in [1.807, 2.05) is 30.5 Å². The molecular weight excluding hydrogens is 524 g/mol. The van der Waals surface area contributed by atoms with Gasteiger partial charge in [-0.3, -0.25) is 19.2 Å². The van der Waals surface area contributed by atoms with Gasteiger partial charge in [0.2, 0.25) is 23.6 Å². The molecule has 0 aliphatic carbocycles. The zero-order valence-electron chi connectivity index (χ0n) is 21.9. The molecule has 1 fully saturated rings. The number of nitrogens with two attached hydrogens (primary N) is 2. The summed E-state index contributed by atoms with van der Waals surface area (Å²) in [7, 11) is 0. The third-order valence-corrected chi connectivity index (χ3v) is 7.45. The van der Waals surface area contributed by atoms with Crippen molar-refractivity contribution in [1.82, 2.24) is 20.5 Å². The Balaban J connectivity index is 1.70. The van der Waals surface area contributed by atoms with Crippen molar-refractivity contribution in [2.75, 3.05) is 18.6 Å². The van der Waals surface area contributed by atoms with E-state index < -0.39 is 53.8 Å². The van der Waals surface area contributed by atoms with Gasteiger partial charge in [0.25, 0.3) is 0 Å². The van der Waals surface area contributed by atoms with Gasteiger partial charge in [0.05, 0.1) is 6.04 Å². The number of rotatable bonds is 14. The number of carboxylic acid groups (broad SMARTS) is 1. The predicted octanol–water partition coefficient (Wildman–Crippen LogP) is 0.102. The Morgan fingerprint density at radius 2 is 1.90 bits per heavy atom. The summed E-state index contributed by atoms with van der Waals surface area (Å²) in [6, 6.07) is 3.54. The summed E-state index contributed by atoms with van der Waals surface area (Å²) in [4.78, 5) is 67.1. The van der Waals surface area contributed by atoms with E-state index in [9.17, 15) is 29.1 Å². The number of para-hydroxylation sites is 1. The average molecular weight is 561 g/mol. The Labute approximate surface area is 230 Å². The van der Waals surface area contributed by atoms with Gasteiger partial charge in [-0.05, 0) is 55.7 Å². The molecule has 0 radical (unpaired) electrons. The number of nitrogens with zero attached hydrogens (tertiary/aromatic N) is 1. The van der Waals surface area contributed by atoms with Crippen LogP contribution in [0, 0.1) is 0 Å². The monoisotopic (exact) mass is 560 g/mol. The molecule has 0 bridgehead atoms. The Morgan fingerprint density at radius 3 is 2.59 bits per heavy atom. The molecule has 1 aromatic heterocycles. The summed E-state index contributed by atoms with van der Waals surface area (Å²) in [5, 5.41) is 15.6. The lowest BCUT2D eigenvalue weighted by Crippen LogP contribution is -2.57. The summed E-state index contributed by atoms with van der Waals surface area (Å²) >= 11 is 1.46. The number of carbonyl (C=O) groups excluding carboxylic acids is 4. The lowest BCUT2D eigenvalue weighted by atomic mass is 10.0. The fourth-order valence-corrected chi connectivity index (χ4v) is 5.19. The van der Waals surface area contributed by atoms with Gasteiger partial charge < -0.3 is 37.1 Å². The van der Waals surface area contributed by atoms with Crippen molar-refractivity contribution >= 4 is 52.3 Å². The van der Waals surface area contributed by atoms with Gasteiger partial charge in [-0.15, -0.1) is 0 Å². The van der Waals surface area contributed by atoms with E-state index in [1.165, 1.54) is 16.7 Å². The van der Waals surface area contributed by atoms with Crippen LogP contribution in [0.15, 0.2) is 30.5 Å². The summed E-state index contributed by atoms with van der Waals surface area (Å²) in [6.45, 7) is 0.254. The zero-order valence-corrected chi connectivity index (χ0v) is 22.7. The maximum absolute atomic E-state index is 13.5. The van der Waals surface area contributed by atoms with E-state index in [-0.39, 0.29) is 32.2 Å². The third-order valence-electron chi connectivity index (χ3n) is 6.81. The van der Waals surface area contributed by atoms with Crippen LogP contribution in [0.4, 0.5) is 0 Å². The molecule has 2 heterocycles. The van der Waals surface area contributed by atoms with Crippen LogP contribution in [0.25, 0.3) is 10.9 Å². The van der Waals surface area contributed by atoms with Crippen LogP contribution in [0.2, 0.25) is 0 Å². The molecule has 2 aromatic rings. The minimum Gasteiger partial charge on any atom is -0.480 e. The number of amides is 4. The minimum atomic E-state index is -1.15. The third kappa shape index (κ3) is 7.96. The first-order valence-corrected chi connectivity index (χ1v) is 14.2. The van der Waals surface area contributed by atoms with Crippen molar-refractivity contribution in [3.63, 3.8) is 0 Å². The van der Waals surface area contributed by atoms with E-state index in [0.717, 1.165) is 16.5 Å². The lowest BCUT2D eigenvalue weighted by molar-refractivity contribution is -0.145. The van der Waals surface area contributed by atoms with Crippen LogP contribution < -0.4 is 22.1 Å². The number of aliphatic carboxylic acids is 1. The van der Waals surface area contributed by atoms with Gasteiger partial charge in [0.15, 0.2) is 0 Å². The largest absolute Gasteiger partial charge is 0.480 e. The number of carbonyl (C=O) groups is 5. The van der Waals surface area contributed by atoms with Gasteiger partial charge >= 0.3 is 5.97 Å². The fraction of sp³-hybridized carbons (Fsp3) is 0.500. The molecule has 1 aliphatic rings. The molecule has 12 nitrogen and oxygen atoms in total. The highest BCUT2D eigenvalue weighted by Gasteiger charge is 2.39. The van der Waals surface area contributed by atoms with E-state index in [4.69, 9.17) is 11.5 Å². The smallest absolute Gasteiger partial charge is 0.326 e. The minimum absolute atomic E-state index is 0.0595. The van der Waals surface area contributed by atoms with Crippen molar-refractivity contribution < 1.29 is 29.1 Å². The molecule has 8 N–H and O–H groups in total. The number of fused-ring (bicyclic) bond motifs is 1. The Hall–Kier alpha value is -3.58. The second kappa shape index (κ2) is 14.0. The van der Waals surface area contributed by atoms with Crippen molar-refractivity contribution in [3.05, 3.63) is 36.0 Å². The molecule has 4 unspecified atom stereocenters. The maximum Gasteiger partial charge on any atom is 0.326 e. The quantitative estimate of drug-likeness (QED) is 0.187. The van der Waals surface area contributed by atoms with E-state index in [1.54, 1.807) is 6.20 Å². The van der Waals surface area contributed by atoms with Crippen molar-refractivity contribution in [2.45, 2.75) is 62.7 Å². The first-order valence-electron chi connectivity index (χ1n) is 12.8. The van der Waals surface area contributed by atoms with Crippen LogP contribution in [0.3, 0.4) is 0 Å². The van der Waals surface area contributed by atoms with E-state index in [0.29, 0.717) is 18.6 Å². The number of aromatic amines is 1. The van der Waals surface area contributed by atoms with Crippen LogP contribution in [-0.4, -0.2) is 87.3 Å². The van der Waals surface area contributed by atoms with Crippen LogP contribution in [0.5, 0.6) is 0 Å². The molecular formula is C26H36N6O6S. The number of benzene rings is 1. The number of hydrogen-bond acceptors (Lipinski definition) is 7. The highest BCUT2D eigenvalue weighted by Crippen LogP contribution is 2.21. The molecule has 13 heteroatoms. The number of hydrogen-bond donors (Lipinski definition) is 6. The molecule has 3 rings (SSSR count). The standard InChI is InChI=1S/C26H36N6O6S/c1-39-12-10-20(26(37)38)31-24(35)21-7-4-11-32(21)25(36)19(8-9-22(28)33)30-23(34)17(27)13-15-14-29-18-6-3-2-5-16(15)18/h2-3,5-6,14,17,19-21,29H,4,7-13,27H2,1H3,(H2,28,33)(H,30,34)(H,31,35)(H,37,38). The molecule has 39 heavy (non-hydrogen) atoms. The maximum atomic E-state index is 13.5. The molecule has 1 saturated heterocycles. The summed E-state index contributed by atoms with van der Waals surface area (Å²) < 4.78 is 0. The topological polar surface area (TPSA) is 201 Å². The Kier molecular flexibility index (Phi) is 10.8. The van der Waals surface area contributed by atoms with Crippen LogP contribution in [0.1, 0.15) is 37.7 Å². The zero-order chi connectivity index (χ0) is 28.5. The van der Waals surface area contributed by atoms with Gasteiger partial charge in [-0.1, -0.05) is 18.2 Å². The van der Waals surface area contributed by atoms with Crippen molar-refractivity contribution in [1.29, 1.82) is 0 Å². The number of carboxylic acids is 1. The van der Waals surface area contributed by atoms with Gasteiger partial charge in [-0.2, -0.15) is 11.8 Å². The lowest BCUT2D eigenvalue weighted by Gasteiger charge is -2.30. The second-order valence-corrected chi connectivity index (χ2v) is 10.6. The van der Waals surface area contributed by atoms with Crippen molar-refractivity contribution in [3.8, 4) is 0 Å². The molecule has 4 atom stereocenters. The number of H-pyrrole nitrogens is 1. The molecule has 4 amide bonds. The normalized spacial score (nSPS) is 17.4. The molecule has 0 saturated carbocycles. The van der Waals surface area contributed by atoms with Gasteiger partial charge in [-0.25, -0.2) is 4.79 Å². The van der Waals surface area contributed by atoms with Crippen LogP contribution >= 0.6 is 11.8 Å². The first kappa shape index (κ1) is 30.0. The second-order valence-electron chi connectivity index (χ2n) is 9.61. The summed E-state index contributed by atoms with van der Waals surface area (Å²) in [5.74, 6) is -2.93. The molecule has 0 spiro atoms.